The van der Waals surface area contributed by atoms with Gasteiger partial charge in [0, 0.05) is 22.2 Å². The average Bonchev–Trinajstić information content (AvgIpc) is 2.53. The predicted molar refractivity (Wildman–Crippen MR) is 76.3 cm³/mol. The first kappa shape index (κ1) is 12.6. The molecule has 18 heavy (non-hydrogen) atoms. The first-order valence-corrected chi connectivity index (χ1v) is 6.19. The number of para-hydroxylation sites is 1. The van der Waals surface area contributed by atoms with Crippen LogP contribution in [0.4, 0.5) is 5.69 Å². The van der Waals surface area contributed by atoms with Gasteiger partial charge in [-0.1, -0.05) is 49.8 Å². The molecule has 1 N–H and O–H groups in total. The second-order valence-corrected chi connectivity index (χ2v) is 5.60. The number of nitrogens with one attached hydrogen (secondary N) is 1. The van der Waals surface area contributed by atoms with E-state index in [9.17, 15) is 4.79 Å². The Morgan fingerprint density at radius 3 is 2.56 bits per heavy atom. The zero-order valence-corrected chi connectivity index (χ0v) is 11.4. The van der Waals surface area contributed by atoms with Crippen molar-refractivity contribution in [3.63, 3.8) is 0 Å². The van der Waals surface area contributed by atoms with E-state index >= 15 is 0 Å². The van der Waals surface area contributed by atoms with Crippen LogP contribution in [0.3, 0.4) is 0 Å². The van der Waals surface area contributed by atoms with E-state index < -0.39 is 0 Å². The molecule has 2 heteroatoms. The number of allylic oxidation sites excluding steroid dienone is 3. The number of anilines is 1. The summed E-state index contributed by atoms with van der Waals surface area (Å²) < 4.78 is 0. The molecule has 0 unspecified atom stereocenters. The standard InChI is InChI=1S/C16H19NO/c1-11(2)9-16(3,4)10-13-12-7-5-6-8-14(12)17-15(13)18/h5-10H,1-4H3,(H,17,18). The molecule has 1 heterocycles. The summed E-state index contributed by atoms with van der Waals surface area (Å²) in [5, 5.41) is 2.90. The molecule has 1 aromatic carbocycles. The number of amides is 1. The van der Waals surface area contributed by atoms with Gasteiger partial charge in [0.2, 0.25) is 0 Å². The monoisotopic (exact) mass is 241 g/mol. The lowest BCUT2D eigenvalue weighted by Crippen LogP contribution is -2.09. The van der Waals surface area contributed by atoms with Gasteiger partial charge in [-0.15, -0.1) is 0 Å². The third kappa shape index (κ3) is 2.53. The zero-order valence-electron chi connectivity index (χ0n) is 11.4. The fraction of sp³-hybridized carbons (Fsp3) is 0.312. The fourth-order valence-corrected chi connectivity index (χ4v) is 2.44. The maximum atomic E-state index is 12.0. The number of carbonyl (C=O) groups is 1. The summed E-state index contributed by atoms with van der Waals surface area (Å²) in [5.74, 6) is -0.00793. The Labute approximate surface area is 108 Å². The SMILES string of the molecule is CC(C)=CC(C)(C)C=C1C(=O)Nc2ccccc21. The Morgan fingerprint density at radius 2 is 1.89 bits per heavy atom. The second-order valence-electron chi connectivity index (χ2n) is 5.60. The van der Waals surface area contributed by atoms with Crippen molar-refractivity contribution >= 4 is 17.2 Å². The Morgan fingerprint density at radius 1 is 1.22 bits per heavy atom. The molecule has 0 saturated heterocycles. The van der Waals surface area contributed by atoms with Gasteiger partial charge in [-0.2, -0.15) is 0 Å². The highest BCUT2D eigenvalue weighted by atomic mass is 16.2. The number of hydrogen-bond donors (Lipinski definition) is 1. The van der Waals surface area contributed by atoms with Gasteiger partial charge in [0.05, 0.1) is 0 Å². The molecule has 0 fully saturated rings. The highest BCUT2D eigenvalue weighted by Crippen LogP contribution is 2.35. The van der Waals surface area contributed by atoms with Crippen molar-refractivity contribution in [2.24, 2.45) is 5.41 Å². The van der Waals surface area contributed by atoms with E-state index in [0.29, 0.717) is 0 Å². The summed E-state index contributed by atoms with van der Waals surface area (Å²) in [6, 6.07) is 7.81. The number of rotatable bonds is 2. The van der Waals surface area contributed by atoms with Crippen molar-refractivity contribution in [1.82, 2.24) is 0 Å². The average molecular weight is 241 g/mol. The van der Waals surface area contributed by atoms with E-state index in [1.165, 1.54) is 5.57 Å². The molecule has 0 atom stereocenters. The number of carbonyl (C=O) groups excluding carboxylic acids is 1. The largest absolute Gasteiger partial charge is 0.321 e. The van der Waals surface area contributed by atoms with Crippen molar-refractivity contribution in [2.75, 3.05) is 5.32 Å². The van der Waals surface area contributed by atoms with E-state index in [0.717, 1.165) is 16.8 Å². The van der Waals surface area contributed by atoms with Crippen molar-refractivity contribution in [3.8, 4) is 0 Å². The molecule has 2 nitrogen and oxygen atoms in total. The Bertz CT molecular complexity index is 546. The molecule has 0 bridgehead atoms. The highest BCUT2D eigenvalue weighted by Gasteiger charge is 2.25. The van der Waals surface area contributed by atoms with Crippen molar-refractivity contribution in [1.29, 1.82) is 0 Å². The van der Waals surface area contributed by atoms with Crippen molar-refractivity contribution < 1.29 is 4.79 Å². The molecule has 0 saturated carbocycles. The summed E-state index contributed by atoms with van der Waals surface area (Å²) in [6.45, 7) is 8.37. The normalized spacial score (nSPS) is 16.4. The van der Waals surface area contributed by atoms with E-state index in [1.807, 2.05) is 30.3 Å². The Kier molecular flexibility index (Phi) is 3.12. The van der Waals surface area contributed by atoms with Gasteiger partial charge < -0.3 is 5.32 Å². The molecule has 0 aromatic heterocycles. The van der Waals surface area contributed by atoms with Gasteiger partial charge in [0.25, 0.3) is 5.91 Å². The summed E-state index contributed by atoms with van der Waals surface area (Å²) in [5.41, 5.74) is 3.80. The molecule has 1 amide bonds. The molecule has 2 rings (SSSR count). The number of fused-ring (bicyclic) bond motifs is 1. The number of benzene rings is 1. The molecule has 94 valence electrons. The first-order valence-electron chi connectivity index (χ1n) is 6.19. The minimum Gasteiger partial charge on any atom is -0.321 e. The lowest BCUT2D eigenvalue weighted by atomic mass is 9.87. The fourth-order valence-electron chi connectivity index (χ4n) is 2.44. The lowest BCUT2D eigenvalue weighted by Gasteiger charge is -2.17. The van der Waals surface area contributed by atoms with Gasteiger partial charge >= 0.3 is 0 Å². The van der Waals surface area contributed by atoms with Gasteiger partial charge in [0.15, 0.2) is 0 Å². The van der Waals surface area contributed by atoms with Crippen LogP contribution >= 0.6 is 0 Å². The molecule has 1 aliphatic rings. The third-order valence-electron chi connectivity index (χ3n) is 2.89. The number of hydrogen-bond acceptors (Lipinski definition) is 1. The maximum absolute atomic E-state index is 12.0. The van der Waals surface area contributed by atoms with Gasteiger partial charge in [-0.25, -0.2) is 0 Å². The minimum absolute atomic E-state index is 0.00793. The Balaban J connectivity index is 2.46. The van der Waals surface area contributed by atoms with Gasteiger partial charge in [-0.3, -0.25) is 4.79 Å². The van der Waals surface area contributed by atoms with Gasteiger partial charge in [-0.05, 0) is 19.9 Å². The second kappa shape index (κ2) is 4.45. The highest BCUT2D eigenvalue weighted by molar-refractivity contribution is 6.31. The summed E-state index contributed by atoms with van der Waals surface area (Å²) in [4.78, 5) is 12.0. The van der Waals surface area contributed by atoms with Crippen LogP contribution < -0.4 is 5.32 Å². The molecular formula is C16H19NO. The van der Waals surface area contributed by atoms with Crippen LogP contribution in [0.15, 0.2) is 42.0 Å². The van der Waals surface area contributed by atoms with E-state index in [2.05, 4.69) is 39.1 Å². The van der Waals surface area contributed by atoms with Gasteiger partial charge in [0.1, 0.15) is 0 Å². The maximum Gasteiger partial charge on any atom is 0.256 e. The molecule has 0 aliphatic carbocycles. The molecule has 0 radical (unpaired) electrons. The van der Waals surface area contributed by atoms with Crippen LogP contribution in [-0.4, -0.2) is 5.91 Å². The summed E-state index contributed by atoms with van der Waals surface area (Å²) in [7, 11) is 0. The topological polar surface area (TPSA) is 29.1 Å². The molecule has 1 aromatic rings. The molecule has 0 spiro atoms. The third-order valence-corrected chi connectivity index (χ3v) is 2.89. The van der Waals surface area contributed by atoms with E-state index in [4.69, 9.17) is 0 Å². The predicted octanol–water partition coefficient (Wildman–Crippen LogP) is 4.01. The van der Waals surface area contributed by atoms with Crippen LogP contribution in [-0.2, 0) is 4.79 Å². The van der Waals surface area contributed by atoms with Crippen LogP contribution in [0, 0.1) is 5.41 Å². The molecular weight excluding hydrogens is 222 g/mol. The molecule has 1 aliphatic heterocycles. The van der Waals surface area contributed by atoms with Crippen LogP contribution in [0.1, 0.15) is 33.3 Å². The van der Waals surface area contributed by atoms with E-state index in [-0.39, 0.29) is 11.3 Å². The summed E-state index contributed by atoms with van der Waals surface area (Å²) in [6.07, 6.45) is 4.22. The Hall–Kier alpha value is -1.83. The minimum atomic E-state index is -0.122. The zero-order chi connectivity index (χ0) is 13.3. The quantitative estimate of drug-likeness (QED) is 0.615. The van der Waals surface area contributed by atoms with Crippen LogP contribution in [0.5, 0.6) is 0 Å². The van der Waals surface area contributed by atoms with Crippen molar-refractivity contribution in [3.05, 3.63) is 47.6 Å². The van der Waals surface area contributed by atoms with E-state index in [1.54, 1.807) is 0 Å². The van der Waals surface area contributed by atoms with Crippen molar-refractivity contribution in [2.45, 2.75) is 27.7 Å². The smallest absolute Gasteiger partial charge is 0.256 e. The first-order chi connectivity index (χ1) is 8.39. The van der Waals surface area contributed by atoms with Crippen LogP contribution in [0.2, 0.25) is 0 Å². The van der Waals surface area contributed by atoms with Crippen LogP contribution in [0.25, 0.3) is 5.57 Å². The lowest BCUT2D eigenvalue weighted by molar-refractivity contribution is -0.110. The summed E-state index contributed by atoms with van der Waals surface area (Å²) >= 11 is 0.